The SMILES string of the molecule is CCC(CC)Nc1cc(C)nc(Oc2ccc(Cl)cc2OC)c1C(=O)NC. The highest BCUT2D eigenvalue weighted by Crippen LogP contribution is 2.36. The minimum atomic E-state index is -0.279. The number of ether oxygens (including phenoxy) is 2. The van der Waals surface area contributed by atoms with Crippen molar-refractivity contribution in [2.45, 2.75) is 39.7 Å². The molecule has 0 aliphatic carbocycles. The van der Waals surface area contributed by atoms with Crippen LogP contribution >= 0.6 is 11.6 Å². The van der Waals surface area contributed by atoms with Crippen LogP contribution in [0.25, 0.3) is 0 Å². The average Bonchev–Trinajstić information content (AvgIpc) is 2.66. The second-order valence-electron chi connectivity index (χ2n) is 6.13. The van der Waals surface area contributed by atoms with Crippen molar-refractivity contribution in [3.63, 3.8) is 0 Å². The molecular formula is C20H26ClN3O3. The molecule has 0 unspecified atom stereocenters. The molecule has 1 aromatic carbocycles. The Hall–Kier alpha value is -2.47. The van der Waals surface area contributed by atoms with E-state index in [4.69, 9.17) is 21.1 Å². The van der Waals surface area contributed by atoms with Crippen LogP contribution < -0.4 is 20.1 Å². The van der Waals surface area contributed by atoms with Crippen molar-refractivity contribution < 1.29 is 14.3 Å². The molecule has 2 aromatic rings. The number of hydrogen-bond donors (Lipinski definition) is 2. The average molecular weight is 392 g/mol. The van der Waals surface area contributed by atoms with Gasteiger partial charge in [-0.3, -0.25) is 4.79 Å². The van der Waals surface area contributed by atoms with Gasteiger partial charge in [-0.15, -0.1) is 0 Å². The first-order valence-electron chi connectivity index (χ1n) is 8.95. The smallest absolute Gasteiger partial charge is 0.258 e. The Morgan fingerprint density at radius 3 is 2.52 bits per heavy atom. The zero-order valence-corrected chi connectivity index (χ0v) is 17.1. The third kappa shape index (κ3) is 5.04. The number of hydrogen-bond acceptors (Lipinski definition) is 5. The Morgan fingerprint density at radius 2 is 1.93 bits per heavy atom. The first-order chi connectivity index (χ1) is 12.9. The van der Waals surface area contributed by atoms with Gasteiger partial charge in [0.05, 0.1) is 12.8 Å². The maximum Gasteiger partial charge on any atom is 0.258 e. The van der Waals surface area contributed by atoms with Gasteiger partial charge >= 0.3 is 0 Å². The predicted octanol–water partition coefficient (Wildman–Crippen LogP) is 4.80. The molecule has 0 radical (unpaired) electrons. The molecule has 7 heteroatoms. The lowest BCUT2D eigenvalue weighted by Crippen LogP contribution is -2.24. The second kappa shape index (κ2) is 9.46. The van der Waals surface area contributed by atoms with Crippen LogP contribution in [-0.2, 0) is 0 Å². The fourth-order valence-electron chi connectivity index (χ4n) is 2.72. The fraction of sp³-hybridized carbons (Fsp3) is 0.400. The van der Waals surface area contributed by atoms with Crippen molar-refractivity contribution in [3.8, 4) is 17.4 Å². The zero-order valence-electron chi connectivity index (χ0n) is 16.4. The van der Waals surface area contributed by atoms with Gasteiger partial charge in [0.1, 0.15) is 5.56 Å². The van der Waals surface area contributed by atoms with E-state index in [-0.39, 0.29) is 17.8 Å². The minimum absolute atomic E-state index is 0.212. The van der Waals surface area contributed by atoms with Crippen LogP contribution in [0.2, 0.25) is 5.02 Å². The van der Waals surface area contributed by atoms with Crippen LogP contribution in [0.15, 0.2) is 24.3 Å². The standard InChI is InChI=1S/C20H26ClN3O3/c1-6-14(7-2)24-15-10-12(3)23-20(18(15)19(25)22-4)27-16-9-8-13(21)11-17(16)26-5/h8-11,14H,6-7H2,1-5H3,(H,22,25)(H,23,24). The van der Waals surface area contributed by atoms with Gasteiger partial charge in [-0.2, -0.15) is 0 Å². The highest BCUT2D eigenvalue weighted by Gasteiger charge is 2.22. The fourth-order valence-corrected chi connectivity index (χ4v) is 2.88. The van der Waals surface area contributed by atoms with Crippen molar-refractivity contribution in [1.29, 1.82) is 0 Å². The van der Waals surface area contributed by atoms with E-state index >= 15 is 0 Å². The molecule has 146 valence electrons. The molecule has 1 heterocycles. The lowest BCUT2D eigenvalue weighted by molar-refractivity contribution is 0.0961. The summed E-state index contributed by atoms with van der Waals surface area (Å²) in [4.78, 5) is 17.0. The summed E-state index contributed by atoms with van der Waals surface area (Å²) in [5.41, 5.74) is 1.78. The zero-order chi connectivity index (χ0) is 20.0. The Bertz CT molecular complexity index is 807. The van der Waals surface area contributed by atoms with E-state index in [1.165, 1.54) is 7.11 Å². The number of benzene rings is 1. The molecule has 0 spiro atoms. The number of carbonyl (C=O) groups excluding carboxylic acids is 1. The minimum Gasteiger partial charge on any atom is -0.493 e. The molecule has 1 aromatic heterocycles. The molecule has 0 saturated heterocycles. The molecular weight excluding hydrogens is 366 g/mol. The number of carbonyl (C=O) groups is 1. The quantitative estimate of drug-likeness (QED) is 0.675. The lowest BCUT2D eigenvalue weighted by atomic mass is 10.1. The third-order valence-corrected chi connectivity index (χ3v) is 4.48. The van der Waals surface area contributed by atoms with E-state index < -0.39 is 0 Å². The second-order valence-corrected chi connectivity index (χ2v) is 6.56. The lowest BCUT2D eigenvalue weighted by Gasteiger charge is -2.21. The number of nitrogens with zero attached hydrogens (tertiary/aromatic N) is 1. The molecule has 2 rings (SSSR count). The Balaban J connectivity index is 2.54. The molecule has 2 N–H and O–H groups in total. The van der Waals surface area contributed by atoms with Crippen molar-refractivity contribution >= 4 is 23.2 Å². The molecule has 0 fully saturated rings. The highest BCUT2D eigenvalue weighted by molar-refractivity contribution is 6.30. The predicted molar refractivity (Wildman–Crippen MR) is 108 cm³/mol. The molecule has 6 nitrogen and oxygen atoms in total. The molecule has 0 saturated carbocycles. The Morgan fingerprint density at radius 1 is 1.22 bits per heavy atom. The van der Waals surface area contributed by atoms with Crippen LogP contribution in [0.1, 0.15) is 42.7 Å². The Kier molecular flexibility index (Phi) is 7.30. The van der Waals surface area contributed by atoms with Gasteiger partial charge in [0, 0.05) is 29.9 Å². The van der Waals surface area contributed by atoms with Gasteiger partial charge in [-0.25, -0.2) is 4.98 Å². The summed E-state index contributed by atoms with van der Waals surface area (Å²) < 4.78 is 11.3. The molecule has 1 amide bonds. The number of aromatic nitrogens is 1. The van der Waals surface area contributed by atoms with Crippen LogP contribution in [0.5, 0.6) is 17.4 Å². The van der Waals surface area contributed by atoms with Gasteiger partial charge < -0.3 is 20.1 Å². The largest absolute Gasteiger partial charge is 0.493 e. The molecule has 0 aliphatic rings. The molecule has 0 atom stereocenters. The number of aryl methyl sites for hydroxylation is 1. The van der Waals surface area contributed by atoms with Gasteiger partial charge in [0.25, 0.3) is 5.91 Å². The first kappa shape index (κ1) is 20.8. The van der Waals surface area contributed by atoms with Crippen LogP contribution in [0, 0.1) is 6.92 Å². The number of halogens is 1. The summed E-state index contributed by atoms with van der Waals surface area (Å²) in [7, 11) is 3.11. The number of nitrogens with one attached hydrogen (secondary N) is 2. The maximum absolute atomic E-state index is 12.6. The van der Waals surface area contributed by atoms with Crippen molar-refractivity contribution in [2.24, 2.45) is 0 Å². The summed E-state index contributed by atoms with van der Waals surface area (Å²) in [6.07, 6.45) is 1.87. The number of rotatable bonds is 8. The number of methoxy groups -OCH3 is 1. The third-order valence-electron chi connectivity index (χ3n) is 4.25. The Labute approximate surface area is 165 Å². The van der Waals surface area contributed by atoms with Crippen molar-refractivity contribution in [1.82, 2.24) is 10.3 Å². The number of amides is 1. The summed E-state index contributed by atoms with van der Waals surface area (Å²) in [6.45, 7) is 6.06. The van der Waals surface area contributed by atoms with Gasteiger partial charge in [-0.1, -0.05) is 25.4 Å². The van der Waals surface area contributed by atoms with E-state index in [0.29, 0.717) is 27.8 Å². The van der Waals surface area contributed by atoms with E-state index in [2.05, 4.69) is 29.5 Å². The molecule has 27 heavy (non-hydrogen) atoms. The normalized spacial score (nSPS) is 10.6. The maximum atomic E-state index is 12.6. The van der Waals surface area contributed by atoms with Gasteiger partial charge in [0.2, 0.25) is 5.88 Å². The van der Waals surface area contributed by atoms with Crippen LogP contribution in [0.3, 0.4) is 0 Å². The summed E-state index contributed by atoms with van der Waals surface area (Å²) >= 11 is 6.02. The van der Waals surface area contributed by atoms with Crippen molar-refractivity contribution in [2.75, 3.05) is 19.5 Å². The molecule has 0 aliphatic heterocycles. The summed E-state index contributed by atoms with van der Waals surface area (Å²) in [5, 5.41) is 6.62. The van der Waals surface area contributed by atoms with Crippen LogP contribution in [0.4, 0.5) is 5.69 Å². The first-order valence-corrected chi connectivity index (χ1v) is 9.32. The van der Waals surface area contributed by atoms with E-state index in [9.17, 15) is 4.79 Å². The van der Waals surface area contributed by atoms with E-state index in [1.54, 1.807) is 25.2 Å². The van der Waals surface area contributed by atoms with Crippen molar-refractivity contribution in [3.05, 3.63) is 40.5 Å². The highest BCUT2D eigenvalue weighted by atomic mass is 35.5. The van der Waals surface area contributed by atoms with Crippen LogP contribution in [-0.4, -0.2) is 31.1 Å². The summed E-state index contributed by atoms with van der Waals surface area (Å²) in [5.74, 6) is 0.823. The van der Waals surface area contributed by atoms with Gasteiger partial charge in [-0.05, 0) is 38.0 Å². The molecule has 0 bridgehead atoms. The van der Waals surface area contributed by atoms with E-state index in [0.717, 1.165) is 18.5 Å². The number of pyridine rings is 1. The topological polar surface area (TPSA) is 72.5 Å². The number of anilines is 1. The summed E-state index contributed by atoms with van der Waals surface area (Å²) in [6, 6.07) is 7.13. The van der Waals surface area contributed by atoms with Gasteiger partial charge in [0.15, 0.2) is 11.5 Å². The van der Waals surface area contributed by atoms with E-state index in [1.807, 2.05) is 13.0 Å². The monoisotopic (exact) mass is 391 g/mol.